The Kier molecular flexibility index (Phi) is 7.68. The summed E-state index contributed by atoms with van der Waals surface area (Å²) in [7, 11) is 0. The highest BCUT2D eigenvalue weighted by molar-refractivity contribution is 6.27. The first-order chi connectivity index (χ1) is 13.1. The molecule has 0 unspecified atom stereocenters. The molecule has 0 saturated carbocycles. The minimum Gasteiger partial charge on any atom is -0.473 e. The molecule has 0 aliphatic heterocycles. The average molecular weight is 368 g/mol. The van der Waals surface area contributed by atoms with Gasteiger partial charge in [0.1, 0.15) is 0 Å². The molecule has 0 saturated heterocycles. The largest absolute Gasteiger partial charge is 0.473 e. The number of carbonyl (C=O) groups is 2. The summed E-state index contributed by atoms with van der Waals surface area (Å²) >= 11 is 0. The number of nitrogens with one attached hydrogen (secondary N) is 1. The molecule has 140 valence electrons. The average Bonchev–Trinajstić information content (AvgIpc) is 3.16. The van der Waals surface area contributed by atoms with Crippen LogP contribution >= 0.6 is 0 Å². The van der Waals surface area contributed by atoms with Gasteiger partial charge >= 0.3 is 11.9 Å². The molecule has 0 fully saturated rings. The van der Waals surface area contributed by atoms with Crippen LogP contribution < -0.4 is 5.32 Å². The molecule has 27 heavy (non-hydrogen) atoms. The predicted molar refractivity (Wildman–Crippen MR) is 98.5 cm³/mol. The standard InChI is InChI=1S/C17H18N4.C2H2O4/c1-3-7-15(8-4-1)11-12-18-13-16-14-19-21(20-16)17-9-5-2-6-10-17;3-1(4)2(5)6/h1-10,14,18H,11-13H2;(H,3,4)(H,5,6). The predicted octanol–water partition coefficient (Wildman–Crippen LogP) is 1.76. The van der Waals surface area contributed by atoms with E-state index in [-0.39, 0.29) is 0 Å². The molecular formula is C19H20N4O4. The maximum Gasteiger partial charge on any atom is 0.414 e. The summed E-state index contributed by atoms with van der Waals surface area (Å²) < 4.78 is 0. The number of nitrogens with zero attached hydrogens (tertiary/aromatic N) is 3. The van der Waals surface area contributed by atoms with Gasteiger partial charge in [-0.1, -0.05) is 48.5 Å². The van der Waals surface area contributed by atoms with E-state index >= 15 is 0 Å². The molecule has 0 radical (unpaired) electrons. The minimum absolute atomic E-state index is 0.736. The summed E-state index contributed by atoms with van der Waals surface area (Å²) in [4.78, 5) is 19.9. The van der Waals surface area contributed by atoms with Crippen molar-refractivity contribution in [2.24, 2.45) is 0 Å². The lowest BCUT2D eigenvalue weighted by Gasteiger charge is -2.02. The smallest absolute Gasteiger partial charge is 0.414 e. The zero-order chi connectivity index (χ0) is 19.5. The first-order valence-corrected chi connectivity index (χ1v) is 8.24. The second-order valence-corrected chi connectivity index (χ2v) is 5.48. The minimum atomic E-state index is -1.82. The molecule has 1 heterocycles. The molecule has 8 heteroatoms. The van der Waals surface area contributed by atoms with Gasteiger partial charge in [0.25, 0.3) is 0 Å². The third-order valence-corrected chi connectivity index (χ3v) is 3.45. The fraction of sp³-hybridized carbons (Fsp3) is 0.158. The number of rotatable bonds is 6. The molecule has 0 aliphatic rings. The third kappa shape index (κ3) is 7.09. The number of benzene rings is 2. The van der Waals surface area contributed by atoms with E-state index in [4.69, 9.17) is 19.8 Å². The van der Waals surface area contributed by atoms with Crippen molar-refractivity contribution in [1.29, 1.82) is 0 Å². The topological polar surface area (TPSA) is 117 Å². The van der Waals surface area contributed by atoms with E-state index in [1.54, 1.807) is 4.80 Å². The first-order valence-electron chi connectivity index (χ1n) is 8.24. The monoisotopic (exact) mass is 368 g/mol. The van der Waals surface area contributed by atoms with Crippen molar-refractivity contribution in [3.05, 3.63) is 78.1 Å². The van der Waals surface area contributed by atoms with Crippen molar-refractivity contribution in [2.75, 3.05) is 6.54 Å². The Bertz CT molecular complexity index is 838. The van der Waals surface area contributed by atoms with Crippen LogP contribution in [0, 0.1) is 0 Å². The zero-order valence-corrected chi connectivity index (χ0v) is 14.5. The van der Waals surface area contributed by atoms with E-state index in [2.05, 4.69) is 39.8 Å². The van der Waals surface area contributed by atoms with Crippen LogP contribution in [0.25, 0.3) is 5.69 Å². The number of carboxylic acid groups (broad SMARTS) is 2. The van der Waals surface area contributed by atoms with Crippen molar-refractivity contribution in [2.45, 2.75) is 13.0 Å². The van der Waals surface area contributed by atoms with Gasteiger partial charge in [-0.25, -0.2) is 9.59 Å². The van der Waals surface area contributed by atoms with Crippen molar-refractivity contribution in [1.82, 2.24) is 20.3 Å². The number of hydrogen-bond donors (Lipinski definition) is 3. The van der Waals surface area contributed by atoms with E-state index in [0.29, 0.717) is 0 Å². The molecule has 3 rings (SSSR count). The van der Waals surface area contributed by atoms with Crippen molar-refractivity contribution in [3.8, 4) is 5.69 Å². The maximum absolute atomic E-state index is 9.10. The van der Waals surface area contributed by atoms with E-state index in [1.165, 1.54) is 5.56 Å². The number of carboxylic acids is 2. The first kappa shape index (κ1) is 19.8. The molecule has 3 aromatic rings. The maximum atomic E-state index is 9.10. The van der Waals surface area contributed by atoms with Crippen molar-refractivity contribution < 1.29 is 19.8 Å². The van der Waals surface area contributed by atoms with E-state index < -0.39 is 11.9 Å². The highest BCUT2D eigenvalue weighted by Crippen LogP contribution is 2.04. The highest BCUT2D eigenvalue weighted by Gasteiger charge is 2.04. The lowest BCUT2D eigenvalue weighted by atomic mass is 10.1. The molecule has 8 nitrogen and oxygen atoms in total. The van der Waals surface area contributed by atoms with Gasteiger partial charge in [-0.15, -0.1) is 0 Å². The molecule has 0 spiro atoms. The number of para-hydroxylation sites is 1. The molecule has 0 bridgehead atoms. The Morgan fingerprint density at radius 3 is 2.11 bits per heavy atom. The number of aliphatic carboxylic acids is 2. The van der Waals surface area contributed by atoms with Gasteiger partial charge in [-0.3, -0.25) is 0 Å². The Balaban J connectivity index is 0.000000380. The van der Waals surface area contributed by atoms with Crippen LogP contribution in [0.1, 0.15) is 11.3 Å². The van der Waals surface area contributed by atoms with Crippen LogP contribution in [0.2, 0.25) is 0 Å². The molecule has 0 aliphatic carbocycles. The van der Waals surface area contributed by atoms with Gasteiger partial charge in [0.2, 0.25) is 0 Å². The summed E-state index contributed by atoms with van der Waals surface area (Å²) in [5.74, 6) is -3.65. The van der Waals surface area contributed by atoms with Crippen LogP contribution in [0.4, 0.5) is 0 Å². The van der Waals surface area contributed by atoms with Gasteiger partial charge in [0, 0.05) is 6.54 Å². The van der Waals surface area contributed by atoms with Crippen LogP contribution in [0.15, 0.2) is 66.9 Å². The second kappa shape index (κ2) is 10.5. The summed E-state index contributed by atoms with van der Waals surface area (Å²) in [6.45, 7) is 1.67. The van der Waals surface area contributed by atoms with Crippen LogP contribution in [0.5, 0.6) is 0 Å². The fourth-order valence-electron chi connectivity index (χ4n) is 2.16. The number of hydrogen-bond acceptors (Lipinski definition) is 5. The Morgan fingerprint density at radius 2 is 1.52 bits per heavy atom. The molecule has 3 N–H and O–H groups in total. The van der Waals surface area contributed by atoms with Crippen LogP contribution in [-0.4, -0.2) is 43.7 Å². The third-order valence-electron chi connectivity index (χ3n) is 3.45. The lowest BCUT2D eigenvalue weighted by Crippen LogP contribution is -2.17. The molecule has 0 amide bonds. The molecule has 0 atom stereocenters. The van der Waals surface area contributed by atoms with Crippen molar-refractivity contribution in [3.63, 3.8) is 0 Å². The Morgan fingerprint density at radius 1 is 0.926 bits per heavy atom. The molecule has 2 aromatic carbocycles. The van der Waals surface area contributed by atoms with Gasteiger partial charge in [0.15, 0.2) is 0 Å². The van der Waals surface area contributed by atoms with E-state index in [0.717, 1.165) is 30.9 Å². The molecule has 1 aromatic heterocycles. The lowest BCUT2D eigenvalue weighted by molar-refractivity contribution is -0.159. The van der Waals surface area contributed by atoms with Gasteiger partial charge < -0.3 is 15.5 Å². The molecular weight excluding hydrogens is 348 g/mol. The second-order valence-electron chi connectivity index (χ2n) is 5.48. The highest BCUT2D eigenvalue weighted by atomic mass is 16.4. The normalized spacial score (nSPS) is 9.93. The zero-order valence-electron chi connectivity index (χ0n) is 14.5. The van der Waals surface area contributed by atoms with Crippen LogP contribution in [-0.2, 0) is 22.6 Å². The summed E-state index contributed by atoms with van der Waals surface area (Å²) in [5, 5.41) is 26.9. The summed E-state index contributed by atoms with van der Waals surface area (Å²) in [5.41, 5.74) is 3.28. The Hall–Kier alpha value is -3.52. The Labute approximate surface area is 156 Å². The SMILES string of the molecule is O=C(O)C(=O)O.c1ccc(CCNCc2cnn(-c3ccccc3)n2)cc1. The summed E-state index contributed by atoms with van der Waals surface area (Å²) in [6.07, 6.45) is 2.83. The quantitative estimate of drug-likeness (QED) is 0.448. The van der Waals surface area contributed by atoms with Gasteiger partial charge in [-0.05, 0) is 30.7 Å². The van der Waals surface area contributed by atoms with Crippen molar-refractivity contribution >= 4 is 11.9 Å². The summed E-state index contributed by atoms with van der Waals surface area (Å²) in [6, 6.07) is 20.4. The van der Waals surface area contributed by atoms with E-state index in [9.17, 15) is 0 Å². The fourth-order valence-corrected chi connectivity index (χ4v) is 2.16. The number of aromatic nitrogens is 3. The van der Waals surface area contributed by atoms with E-state index in [1.807, 2.05) is 42.6 Å². The van der Waals surface area contributed by atoms with Crippen LogP contribution in [0.3, 0.4) is 0 Å². The van der Waals surface area contributed by atoms with Gasteiger partial charge in [0.05, 0.1) is 17.6 Å². The van der Waals surface area contributed by atoms with Gasteiger partial charge in [-0.2, -0.15) is 15.0 Å².